The van der Waals surface area contributed by atoms with Crippen LogP contribution in [0.15, 0.2) is 34.7 Å². The molecule has 0 saturated carbocycles. The van der Waals surface area contributed by atoms with E-state index in [1.54, 1.807) is 6.92 Å². The summed E-state index contributed by atoms with van der Waals surface area (Å²) in [5.74, 6) is 2.05. The molecule has 0 bridgehead atoms. The van der Waals surface area contributed by atoms with Crippen LogP contribution in [0, 0.1) is 6.92 Å². The summed E-state index contributed by atoms with van der Waals surface area (Å²) in [6.07, 6.45) is -0.497. The van der Waals surface area contributed by atoms with Gasteiger partial charge in [-0.05, 0) is 19.1 Å². The molecular formula is C18H26N4O3. The summed E-state index contributed by atoms with van der Waals surface area (Å²) in [6.45, 7) is 8.45. The highest BCUT2D eigenvalue weighted by Gasteiger charge is 2.26. The Bertz CT molecular complexity index is 641. The monoisotopic (exact) mass is 346 g/mol. The summed E-state index contributed by atoms with van der Waals surface area (Å²) in [5.41, 5.74) is 0. The number of nitrogens with zero attached hydrogens (tertiary/aromatic N) is 4. The third kappa shape index (κ3) is 5.01. The van der Waals surface area contributed by atoms with E-state index >= 15 is 0 Å². The average Bonchev–Trinajstić information content (AvgIpc) is 3.07. The Hall–Kier alpha value is -1.96. The van der Waals surface area contributed by atoms with Gasteiger partial charge in [-0.1, -0.05) is 18.2 Å². The third-order valence-electron chi connectivity index (χ3n) is 4.51. The predicted molar refractivity (Wildman–Crippen MR) is 93.4 cm³/mol. The van der Waals surface area contributed by atoms with Gasteiger partial charge in [-0.3, -0.25) is 9.80 Å². The van der Waals surface area contributed by atoms with Crippen molar-refractivity contribution in [3.63, 3.8) is 0 Å². The van der Waals surface area contributed by atoms with Gasteiger partial charge in [0.05, 0.1) is 6.04 Å². The molecule has 7 heteroatoms. The number of benzene rings is 1. The molecule has 1 aliphatic heterocycles. The maximum absolute atomic E-state index is 10.2. The highest BCUT2D eigenvalue weighted by atomic mass is 16.5. The molecule has 0 spiro atoms. The molecule has 1 saturated heterocycles. The van der Waals surface area contributed by atoms with Crippen LogP contribution in [0.25, 0.3) is 0 Å². The van der Waals surface area contributed by atoms with Crippen LogP contribution in [-0.2, 0) is 0 Å². The van der Waals surface area contributed by atoms with E-state index in [0.717, 1.165) is 31.9 Å². The topological polar surface area (TPSA) is 74.9 Å². The van der Waals surface area contributed by atoms with Crippen molar-refractivity contribution in [1.29, 1.82) is 0 Å². The Kier molecular flexibility index (Phi) is 6.01. The molecule has 1 aromatic heterocycles. The number of ether oxygens (including phenoxy) is 1. The molecule has 0 aliphatic carbocycles. The first-order valence-corrected chi connectivity index (χ1v) is 8.74. The lowest BCUT2D eigenvalue weighted by Gasteiger charge is -2.37. The molecule has 2 aromatic rings. The minimum atomic E-state index is -0.497. The first kappa shape index (κ1) is 17.8. The molecule has 1 aliphatic rings. The molecule has 0 amide bonds. The number of aryl methyl sites for hydroxylation is 1. The second kappa shape index (κ2) is 8.42. The second-order valence-corrected chi connectivity index (χ2v) is 6.45. The fraction of sp³-hybridized carbons (Fsp3) is 0.556. The Morgan fingerprint density at radius 2 is 1.88 bits per heavy atom. The van der Waals surface area contributed by atoms with Crippen molar-refractivity contribution < 1.29 is 14.3 Å². The Morgan fingerprint density at radius 3 is 2.52 bits per heavy atom. The summed E-state index contributed by atoms with van der Waals surface area (Å²) in [4.78, 5) is 4.59. The maximum atomic E-state index is 10.2. The van der Waals surface area contributed by atoms with Crippen LogP contribution >= 0.6 is 0 Å². The van der Waals surface area contributed by atoms with E-state index in [0.29, 0.717) is 24.9 Å². The summed E-state index contributed by atoms with van der Waals surface area (Å²) in [6, 6.07) is 9.70. The fourth-order valence-corrected chi connectivity index (χ4v) is 3.03. The number of β-amino-alcohol motifs (C(OH)–C–C–N with tert-alkyl or cyclic N) is 1. The van der Waals surface area contributed by atoms with Gasteiger partial charge in [0, 0.05) is 39.6 Å². The maximum Gasteiger partial charge on any atom is 0.233 e. The lowest BCUT2D eigenvalue weighted by molar-refractivity contribution is 0.0349. The smallest absolute Gasteiger partial charge is 0.233 e. The van der Waals surface area contributed by atoms with Crippen LogP contribution in [0.1, 0.15) is 24.7 Å². The van der Waals surface area contributed by atoms with Gasteiger partial charge in [-0.15, -0.1) is 10.2 Å². The molecule has 3 rings (SSSR count). The molecular weight excluding hydrogens is 320 g/mol. The molecule has 25 heavy (non-hydrogen) atoms. The van der Waals surface area contributed by atoms with Crippen molar-refractivity contribution in [2.45, 2.75) is 26.0 Å². The largest absolute Gasteiger partial charge is 0.491 e. The van der Waals surface area contributed by atoms with Gasteiger partial charge >= 0.3 is 0 Å². The quantitative estimate of drug-likeness (QED) is 0.814. The van der Waals surface area contributed by atoms with E-state index in [9.17, 15) is 5.11 Å². The van der Waals surface area contributed by atoms with Gasteiger partial charge in [0.1, 0.15) is 18.5 Å². The van der Waals surface area contributed by atoms with Crippen LogP contribution in [0.3, 0.4) is 0 Å². The molecule has 7 nitrogen and oxygen atoms in total. The number of aromatic nitrogens is 2. The Labute approximate surface area is 148 Å². The van der Waals surface area contributed by atoms with Crippen molar-refractivity contribution >= 4 is 0 Å². The number of aliphatic hydroxyl groups is 1. The van der Waals surface area contributed by atoms with Crippen LogP contribution in [0.5, 0.6) is 5.75 Å². The molecule has 136 valence electrons. The van der Waals surface area contributed by atoms with E-state index in [2.05, 4.69) is 26.9 Å². The van der Waals surface area contributed by atoms with Crippen molar-refractivity contribution in [2.75, 3.05) is 39.3 Å². The Balaban J connectivity index is 1.40. The molecule has 1 aromatic carbocycles. The zero-order chi connectivity index (χ0) is 17.6. The second-order valence-electron chi connectivity index (χ2n) is 6.45. The van der Waals surface area contributed by atoms with Crippen LogP contribution in [-0.4, -0.2) is 70.5 Å². The molecule has 0 radical (unpaired) electrons. The van der Waals surface area contributed by atoms with Crippen molar-refractivity contribution in [3.8, 4) is 5.75 Å². The van der Waals surface area contributed by atoms with E-state index in [1.807, 2.05) is 30.3 Å². The summed E-state index contributed by atoms with van der Waals surface area (Å²) in [5, 5.41) is 18.2. The standard InChI is InChI=1S/C18H26N4O3/c1-14(18-20-19-15(2)25-18)22-10-8-21(9-11-22)12-16(23)13-24-17-6-4-3-5-7-17/h3-7,14,16,23H,8-13H2,1-2H3. The number of aliphatic hydroxyl groups excluding tert-OH is 1. The van der Waals surface area contributed by atoms with Gasteiger partial charge in [0.15, 0.2) is 0 Å². The highest BCUT2D eigenvalue weighted by molar-refractivity contribution is 5.20. The van der Waals surface area contributed by atoms with E-state index in [4.69, 9.17) is 9.15 Å². The summed E-state index contributed by atoms with van der Waals surface area (Å²) < 4.78 is 11.1. The van der Waals surface area contributed by atoms with Gasteiger partial charge in [-0.25, -0.2) is 0 Å². The number of hydrogen-bond donors (Lipinski definition) is 1. The zero-order valence-electron chi connectivity index (χ0n) is 14.8. The van der Waals surface area contributed by atoms with Crippen molar-refractivity contribution in [1.82, 2.24) is 20.0 Å². The van der Waals surface area contributed by atoms with E-state index in [-0.39, 0.29) is 6.04 Å². The molecule has 2 atom stereocenters. The normalized spacial score (nSPS) is 18.8. The van der Waals surface area contributed by atoms with E-state index in [1.165, 1.54) is 0 Å². The van der Waals surface area contributed by atoms with Gasteiger partial charge in [-0.2, -0.15) is 0 Å². The number of rotatable bonds is 7. The Morgan fingerprint density at radius 1 is 1.16 bits per heavy atom. The van der Waals surface area contributed by atoms with Crippen LogP contribution in [0.2, 0.25) is 0 Å². The van der Waals surface area contributed by atoms with Crippen molar-refractivity contribution in [3.05, 3.63) is 42.1 Å². The predicted octanol–water partition coefficient (Wildman–Crippen LogP) is 1.50. The van der Waals surface area contributed by atoms with Gasteiger partial charge in [0.2, 0.25) is 11.8 Å². The fourth-order valence-electron chi connectivity index (χ4n) is 3.03. The highest BCUT2D eigenvalue weighted by Crippen LogP contribution is 2.20. The molecule has 2 heterocycles. The first-order chi connectivity index (χ1) is 12.1. The number of hydrogen-bond acceptors (Lipinski definition) is 7. The molecule has 1 fully saturated rings. The molecule has 1 N–H and O–H groups in total. The minimum Gasteiger partial charge on any atom is -0.491 e. The number of piperazine rings is 1. The minimum absolute atomic E-state index is 0.120. The number of para-hydroxylation sites is 1. The lowest BCUT2D eigenvalue weighted by atomic mass is 10.2. The van der Waals surface area contributed by atoms with Crippen molar-refractivity contribution in [2.24, 2.45) is 0 Å². The first-order valence-electron chi connectivity index (χ1n) is 8.74. The lowest BCUT2D eigenvalue weighted by Crippen LogP contribution is -2.49. The van der Waals surface area contributed by atoms with Crippen LogP contribution in [0.4, 0.5) is 0 Å². The SMILES string of the molecule is Cc1nnc(C(C)N2CCN(CC(O)COc3ccccc3)CC2)o1. The van der Waals surface area contributed by atoms with Gasteiger partial charge in [0.25, 0.3) is 0 Å². The van der Waals surface area contributed by atoms with E-state index < -0.39 is 6.10 Å². The van der Waals surface area contributed by atoms with Gasteiger partial charge < -0.3 is 14.3 Å². The summed E-state index contributed by atoms with van der Waals surface area (Å²) >= 11 is 0. The van der Waals surface area contributed by atoms with Crippen LogP contribution < -0.4 is 4.74 Å². The zero-order valence-corrected chi connectivity index (χ0v) is 14.8. The molecule has 2 unspecified atom stereocenters. The third-order valence-corrected chi connectivity index (χ3v) is 4.51. The summed E-state index contributed by atoms with van der Waals surface area (Å²) in [7, 11) is 0. The average molecular weight is 346 g/mol.